The lowest BCUT2D eigenvalue weighted by Gasteiger charge is -2.21. The molecule has 2 aliphatic rings. The van der Waals surface area contributed by atoms with Crippen LogP contribution in [0.5, 0.6) is 0 Å². The van der Waals surface area contributed by atoms with Crippen LogP contribution in [0.25, 0.3) is 4.96 Å². The van der Waals surface area contributed by atoms with E-state index in [9.17, 15) is 9.59 Å². The molecule has 2 aliphatic heterocycles. The molecule has 5 heterocycles. The molecule has 0 aliphatic carbocycles. The first-order valence-electron chi connectivity index (χ1n) is 8.51. The number of thiazole rings is 2. The number of hydrogen-bond donors (Lipinski definition) is 0. The zero-order chi connectivity index (χ0) is 17.8. The molecule has 7 nitrogen and oxygen atoms in total. The third kappa shape index (κ3) is 2.38. The summed E-state index contributed by atoms with van der Waals surface area (Å²) in [6, 6.07) is 0. The first-order chi connectivity index (χ1) is 12.6. The average Bonchev–Trinajstić information content (AvgIpc) is 3.41. The number of aryl methyl sites for hydroxylation is 1. The summed E-state index contributed by atoms with van der Waals surface area (Å²) in [5.74, 6) is 0.878. The Morgan fingerprint density at radius 3 is 2.42 bits per heavy atom. The molecule has 2 amide bonds. The molecule has 0 radical (unpaired) electrons. The summed E-state index contributed by atoms with van der Waals surface area (Å²) in [5.41, 5.74) is 2.64. The number of carbonyl (C=O) groups is 2. The Balaban J connectivity index is 1.29. The van der Waals surface area contributed by atoms with Crippen molar-refractivity contribution in [2.24, 2.45) is 11.8 Å². The highest BCUT2D eigenvalue weighted by molar-refractivity contribution is 7.19. The lowest BCUT2D eigenvalue weighted by atomic mass is 10.0. The van der Waals surface area contributed by atoms with Gasteiger partial charge in [-0.05, 0) is 6.92 Å². The number of likely N-dealkylation sites (tertiary alicyclic amines) is 2. The van der Waals surface area contributed by atoms with Gasteiger partial charge in [-0.2, -0.15) is 0 Å². The van der Waals surface area contributed by atoms with Gasteiger partial charge in [-0.3, -0.25) is 19.0 Å². The third-order valence-corrected chi connectivity index (χ3v) is 7.31. The Bertz CT molecular complexity index is 978. The van der Waals surface area contributed by atoms with E-state index in [0.717, 1.165) is 41.7 Å². The lowest BCUT2D eigenvalue weighted by molar-refractivity contribution is 0.0743. The van der Waals surface area contributed by atoms with Crippen LogP contribution in [0.1, 0.15) is 25.0 Å². The molecular weight excluding hydrogens is 370 g/mol. The van der Waals surface area contributed by atoms with E-state index in [1.165, 1.54) is 22.7 Å². The number of carbonyl (C=O) groups excluding carboxylic acids is 2. The van der Waals surface area contributed by atoms with Gasteiger partial charge in [0.25, 0.3) is 11.8 Å². The standard InChI is InChI=1S/C17H17N5O2S2/c1-10-14(26-17-19-2-3-22(10)17)16(24)21-7-11-5-20(6-12(11)8-21)15(23)13-4-18-9-25-13/h2-4,9,11-12H,5-8H2,1H3/t11-,12+. The Labute approximate surface area is 157 Å². The van der Waals surface area contributed by atoms with Crippen molar-refractivity contribution in [3.63, 3.8) is 0 Å². The number of amides is 2. The maximum Gasteiger partial charge on any atom is 0.265 e. The topological polar surface area (TPSA) is 70.8 Å². The minimum Gasteiger partial charge on any atom is -0.337 e. The van der Waals surface area contributed by atoms with Crippen LogP contribution in [-0.4, -0.2) is 62.2 Å². The number of aromatic nitrogens is 3. The minimum atomic E-state index is 0.0649. The monoisotopic (exact) mass is 387 g/mol. The Hall–Kier alpha value is -2.26. The highest BCUT2D eigenvalue weighted by atomic mass is 32.1. The van der Waals surface area contributed by atoms with Crippen molar-refractivity contribution >= 4 is 39.4 Å². The van der Waals surface area contributed by atoms with Crippen molar-refractivity contribution in [2.75, 3.05) is 26.2 Å². The Morgan fingerprint density at radius 2 is 1.81 bits per heavy atom. The zero-order valence-corrected chi connectivity index (χ0v) is 15.8. The van der Waals surface area contributed by atoms with Crippen molar-refractivity contribution in [1.82, 2.24) is 24.2 Å². The molecule has 2 atom stereocenters. The third-order valence-electron chi connectivity index (χ3n) is 5.39. The van der Waals surface area contributed by atoms with E-state index in [1.807, 2.05) is 27.3 Å². The van der Waals surface area contributed by atoms with Gasteiger partial charge < -0.3 is 9.80 Å². The van der Waals surface area contributed by atoms with Crippen molar-refractivity contribution in [3.05, 3.63) is 39.5 Å². The van der Waals surface area contributed by atoms with Gasteiger partial charge in [0.1, 0.15) is 9.75 Å². The summed E-state index contributed by atoms with van der Waals surface area (Å²) < 4.78 is 1.96. The highest BCUT2D eigenvalue weighted by Gasteiger charge is 2.43. The summed E-state index contributed by atoms with van der Waals surface area (Å²) in [6.45, 7) is 4.84. The van der Waals surface area contributed by atoms with Crippen molar-refractivity contribution in [3.8, 4) is 0 Å². The number of rotatable bonds is 2. The molecular formula is C17H17N5O2S2. The second-order valence-corrected chi connectivity index (χ2v) is 8.77. The zero-order valence-electron chi connectivity index (χ0n) is 14.2. The summed E-state index contributed by atoms with van der Waals surface area (Å²) in [4.78, 5) is 39.9. The predicted molar refractivity (Wildman–Crippen MR) is 98.7 cm³/mol. The molecule has 0 N–H and O–H groups in total. The normalized spacial score (nSPS) is 22.3. The Kier molecular flexibility index (Phi) is 3.61. The fourth-order valence-corrected chi connectivity index (χ4v) is 5.68. The number of nitrogens with zero attached hydrogens (tertiary/aromatic N) is 5. The van der Waals surface area contributed by atoms with Gasteiger partial charge in [0.15, 0.2) is 4.96 Å². The summed E-state index contributed by atoms with van der Waals surface area (Å²) in [6.07, 6.45) is 5.27. The van der Waals surface area contributed by atoms with Gasteiger partial charge in [0.05, 0.1) is 11.7 Å². The van der Waals surface area contributed by atoms with Gasteiger partial charge in [0, 0.05) is 56.1 Å². The lowest BCUT2D eigenvalue weighted by Crippen LogP contribution is -2.35. The first kappa shape index (κ1) is 16.0. The van der Waals surface area contributed by atoms with Gasteiger partial charge in [-0.25, -0.2) is 4.98 Å². The molecule has 9 heteroatoms. The van der Waals surface area contributed by atoms with E-state index < -0.39 is 0 Å². The minimum absolute atomic E-state index is 0.0649. The largest absolute Gasteiger partial charge is 0.337 e. The smallest absolute Gasteiger partial charge is 0.265 e. The van der Waals surface area contributed by atoms with Crippen LogP contribution in [-0.2, 0) is 0 Å². The van der Waals surface area contributed by atoms with E-state index in [4.69, 9.17) is 0 Å². The molecule has 0 aromatic carbocycles. The summed E-state index contributed by atoms with van der Waals surface area (Å²) >= 11 is 2.83. The second-order valence-electron chi connectivity index (χ2n) is 6.90. The molecule has 26 heavy (non-hydrogen) atoms. The number of hydrogen-bond acceptors (Lipinski definition) is 6. The van der Waals surface area contributed by atoms with E-state index in [0.29, 0.717) is 16.7 Å². The number of fused-ring (bicyclic) bond motifs is 2. The van der Waals surface area contributed by atoms with Crippen molar-refractivity contribution < 1.29 is 9.59 Å². The van der Waals surface area contributed by atoms with Crippen LogP contribution >= 0.6 is 22.7 Å². The fraction of sp³-hybridized carbons (Fsp3) is 0.412. The first-order valence-corrected chi connectivity index (χ1v) is 10.2. The van der Waals surface area contributed by atoms with Crippen LogP contribution in [0.2, 0.25) is 0 Å². The van der Waals surface area contributed by atoms with Gasteiger partial charge >= 0.3 is 0 Å². The number of imidazole rings is 1. The molecule has 0 unspecified atom stereocenters. The molecule has 3 aromatic rings. The van der Waals surface area contributed by atoms with Crippen molar-refractivity contribution in [2.45, 2.75) is 6.92 Å². The van der Waals surface area contributed by atoms with E-state index in [1.54, 1.807) is 17.9 Å². The molecule has 5 rings (SSSR count). The van der Waals surface area contributed by atoms with E-state index >= 15 is 0 Å². The van der Waals surface area contributed by atoms with Gasteiger partial charge in [-0.1, -0.05) is 11.3 Å². The van der Waals surface area contributed by atoms with Gasteiger partial charge in [0.2, 0.25) is 0 Å². The maximum absolute atomic E-state index is 13.0. The van der Waals surface area contributed by atoms with Crippen LogP contribution in [0, 0.1) is 18.8 Å². The summed E-state index contributed by atoms with van der Waals surface area (Å²) in [5, 5.41) is 0. The SMILES string of the molecule is Cc1c(C(=O)N2C[C@H]3CN(C(=O)c4cncs4)C[C@H]3C2)sc2nccn12. The highest BCUT2D eigenvalue weighted by Crippen LogP contribution is 2.34. The van der Waals surface area contributed by atoms with Crippen molar-refractivity contribution in [1.29, 1.82) is 0 Å². The maximum atomic E-state index is 13.0. The second kappa shape index (κ2) is 5.88. The Morgan fingerprint density at radius 1 is 1.12 bits per heavy atom. The molecule has 0 saturated carbocycles. The molecule has 0 bridgehead atoms. The van der Waals surface area contributed by atoms with E-state index in [-0.39, 0.29) is 11.8 Å². The average molecular weight is 387 g/mol. The molecule has 134 valence electrons. The van der Waals surface area contributed by atoms with Crippen LogP contribution in [0.3, 0.4) is 0 Å². The molecule has 2 saturated heterocycles. The van der Waals surface area contributed by atoms with Crippen LogP contribution in [0.15, 0.2) is 24.1 Å². The van der Waals surface area contributed by atoms with Crippen LogP contribution in [0.4, 0.5) is 0 Å². The van der Waals surface area contributed by atoms with E-state index in [2.05, 4.69) is 9.97 Å². The van der Waals surface area contributed by atoms with Gasteiger partial charge in [-0.15, -0.1) is 11.3 Å². The molecule has 0 spiro atoms. The predicted octanol–water partition coefficient (Wildman–Crippen LogP) is 2.00. The van der Waals surface area contributed by atoms with Crippen LogP contribution < -0.4 is 0 Å². The fourth-order valence-electron chi connectivity index (χ4n) is 4.04. The summed E-state index contributed by atoms with van der Waals surface area (Å²) in [7, 11) is 0. The molecule has 3 aromatic heterocycles. The quantitative estimate of drug-likeness (QED) is 0.674. The molecule has 2 fully saturated rings.